The lowest BCUT2D eigenvalue weighted by Crippen LogP contribution is -2.57. The number of likely N-dealkylation sites (tertiary alicyclic amines) is 1. The van der Waals surface area contributed by atoms with E-state index >= 15 is 0 Å². The molecule has 6 nitrogen and oxygen atoms in total. The Morgan fingerprint density at radius 3 is 2.70 bits per heavy atom. The number of likely N-dealkylation sites (N-methyl/N-ethyl adjacent to an activating group) is 1. The summed E-state index contributed by atoms with van der Waals surface area (Å²) in [7, 11) is 1.83. The van der Waals surface area contributed by atoms with E-state index in [-0.39, 0.29) is 43.6 Å². The minimum Gasteiger partial charge on any atom is -0.492 e. The summed E-state index contributed by atoms with van der Waals surface area (Å²) in [6.07, 6.45) is 6.65. The average molecular weight is 455 g/mol. The van der Waals surface area contributed by atoms with Gasteiger partial charge in [-0.3, -0.25) is 9.69 Å². The number of hydrogen-bond acceptors (Lipinski definition) is 5. The quantitative estimate of drug-likeness (QED) is 0.599. The number of carbonyl (C=O) groups is 1. The maximum atomic E-state index is 13.0. The zero-order valence-corrected chi connectivity index (χ0v) is 18.5. The van der Waals surface area contributed by atoms with Gasteiger partial charge in [0.15, 0.2) is 0 Å². The number of nitrogens with zero attached hydrogens (tertiary/aromatic N) is 2. The Morgan fingerprint density at radius 2 is 2.10 bits per heavy atom. The number of aliphatic hydroxyl groups is 2. The van der Waals surface area contributed by atoms with Crippen LogP contribution in [0.15, 0.2) is 42.2 Å². The summed E-state index contributed by atoms with van der Waals surface area (Å²) in [5, 5.41) is 19.5. The molecule has 1 saturated heterocycles. The molecular weight excluding hydrogens is 427 g/mol. The number of allylic oxidation sites excluding steroid dienone is 2. The molecule has 1 aliphatic heterocycles. The molecule has 1 fully saturated rings. The highest BCUT2D eigenvalue weighted by molar-refractivity contribution is 6.42. The van der Waals surface area contributed by atoms with Gasteiger partial charge in [0.25, 0.3) is 0 Å². The third-order valence-electron chi connectivity index (χ3n) is 5.57. The molecule has 2 aliphatic rings. The van der Waals surface area contributed by atoms with Crippen LogP contribution in [0.5, 0.6) is 0 Å². The lowest BCUT2D eigenvalue weighted by molar-refractivity contribution is -0.133. The van der Waals surface area contributed by atoms with Crippen molar-refractivity contribution in [2.45, 2.75) is 25.0 Å². The molecule has 1 amide bonds. The predicted octanol–water partition coefficient (Wildman–Crippen LogP) is 2.51. The van der Waals surface area contributed by atoms with Crippen molar-refractivity contribution in [1.82, 2.24) is 9.80 Å². The third-order valence-corrected chi connectivity index (χ3v) is 6.31. The topological polar surface area (TPSA) is 73.2 Å². The molecule has 3 rings (SSSR count). The van der Waals surface area contributed by atoms with Crippen LogP contribution in [-0.2, 0) is 16.0 Å². The second kappa shape index (κ2) is 10.6. The Balaban J connectivity index is 1.68. The Labute approximate surface area is 187 Å². The number of halogens is 2. The Morgan fingerprint density at radius 1 is 1.33 bits per heavy atom. The van der Waals surface area contributed by atoms with E-state index in [9.17, 15) is 9.90 Å². The predicted molar refractivity (Wildman–Crippen MR) is 118 cm³/mol. The molecule has 0 saturated carbocycles. The number of hydrogen-bond donors (Lipinski definition) is 2. The highest BCUT2D eigenvalue weighted by Gasteiger charge is 2.33. The molecule has 1 aromatic rings. The zero-order valence-electron chi connectivity index (χ0n) is 17.0. The lowest BCUT2D eigenvalue weighted by atomic mass is 9.89. The van der Waals surface area contributed by atoms with Gasteiger partial charge in [-0.25, -0.2) is 0 Å². The van der Waals surface area contributed by atoms with Crippen LogP contribution < -0.4 is 0 Å². The zero-order chi connectivity index (χ0) is 21.7. The van der Waals surface area contributed by atoms with Crippen LogP contribution in [0.4, 0.5) is 0 Å². The van der Waals surface area contributed by atoms with Crippen molar-refractivity contribution in [2.75, 3.05) is 39.9 Å². The smallest absolute Gasteiger partial charge is 0.227 e. The summed E-state index contributed by atoms with van der Waals surface area (Å²) in [5.74, 6) is 0.870. The largest absolute Gasteiger partial charge is 0.492 e. The third kappa shape index (κ3) is 5.99. The van der Waals surface area contributed by atoms with E-state index in [0.717, 1.165) is 17.7 Å². The van der Waals surface area contributed by atoms with Crippen LogP contribution in [0.2, 0.25) is 10.0 Å². The van der Waals surface area contributed by atoms with Crippen LogP contribution in [0.1, 0.15) is 12.0 Å². The maximum absolute atomic E-state index is 13.0. The second-order valence-corrected chi connectivity index (χ2v) is 8.62. The van der Waals surface area contributed by atoms with Gasteiger partial charge in [0.05, 0.1) is 35.2 Å². The molecule has 1 aliphatic carbocycles. The maximum Gasteiger partial charge on any atom is 0.227 e. The van der Waals surface area contributed by atoms with Crippen molar-refractivity contribution in [2.24, 2.45) is 5.92 Å². The molecule has 0 aromatic heterocycles. The van der Waals surface area contributed by atoms with E-state index in [1.54, 1.807) is 17.0 Å². The Hall–Kier alpha value is -1.57. The molecule has 0 spiro atoms. The number of aliphatic hydroxyl groups excluding tert-OH is 2. The Bertz CT molecular complexity index is 808. The summed E-state index contributed by atoms with van der Waals surface area (Å²) in [5.41, 5.74) is 0.818. The van der Waals surface area contributed by atoms with E-state index in [1.807, 2.05) is 25.3 Å². The van der Waals surface area contributed by atoms with Crippen molar-refractivity contribution in [3.63, 3.8) is 0 Å². The van der Waals surface area contributed by atoms with Gasteiger partial charge in [-0.1, -0.05) is 35.3 Å². The van der Waals surface area contributed by atoms with Gasteiger partial charge in [-0.15, -0.1) is 0 Å². The van der Waals surface area contributed by atoms with Gasteiger partial charge in [0.1, 0.15) is 12.4 Å². The number of ether oxygens (including phenoxy) is 1. The van der Waals surface area contributed by atoms with E-state index < -0.39 is 0 Å². The normalized spacial score (nSPS) is 20.4. The fourth-order valence-corrected chi connectivity index (χ4v) is 4.13. The molecule has 2 atom stereocenters. The number of β-amino-alcohol motifs (C(OH)–C–C–N with tert-alkyl or cyclic N) is 1. The number of rotatable bonds is 9. The molecule has 30 heavy (non-hydrogen) atoms. The minimum atomic E-state index is -0.289. The first kappa shape index (κ1) is 23.1. The molecule has 0 radical (unpaired) electrons. The molecular formula is C22H28Cl2N2O4. The van der Waals surface area contributed by atoms with Crippen molar-refractivity contribution in [1.29, 1.82) is 0 Å². The van der Waals surface area contributed by atoms with Crippen molar-refractivity contribution >= 4 is 29.1 Å². The minimum absolute atomic E-state index is 0.000770. The van der Waals surface area contributed by atoms with Crippen molar-refractivity contribution < 1.29 is 19.7 Å². The lowest BCUT2D eigenvalue weighted by Gasteiger charge is -2.43. The van der Waals surface area contributed by atoms with E-state index in [2.05, 4.69) is 11.0 Å². The number of benzene rings is 1. The van der Waals surface area contributed by atoms with Gasteiger partial charge in [-0.2, -0.15) is 0 Å². The van der Waals surface area contributed by atoms with Crippen LogP contribution in [0, 0.1) is 5.92 Å². The Kier molecular flexibility index (Phi) is 8.20. The molecule has 2 N–H and O–H groups in total. The SMILES string of the molecule is CN(C(=O)Cc1ccc(Cl)c(Cl)c1)[C@H](CN1CC(O)C1)C1C=CC(OCCO)=CC1. The van der Waals surface area contributed by atoms with Gasteiger partial charge >= 0.3 is 0 Å². The highest BCUT2D eigenvalue weighted by Crippen LogP contribution is 2.27. The average Bonchev–Trinajstić information content (AvgIpc) is 2.71. The molecule has 164 valence electrons. The summed E-state index contributed by atoms with van der Waals surface area (Å²) >= 11 is 12.1. The van der Waals surface area contributed by atoms with Gasteiger partial charge in [0.2, 0.25) is 5.91 Å². The monoisotopic (exact) mass is 454 g/mol. The molecule has 0 bridgehead atoms. The van der Waals surface area contributed by atoms with Gasteiger partial charge in [-0.05, 0) is 36.3 Å². The first-order valence-electron chi connectivity index (χ1n) is 10.1. The number of carbonyl (C=O) groups excluding carboxylic acids is 1. The summed E-state index contributed by atoms with van der Waals surface area (Å²) in [6, 6.07) is 5.20. The highest BCUT2D eigenvalue weighted by atomic mass is 35.5. The van der Waals surface area contributed by atoms with Gasteiger partial charge in [0, 0.05) is 32.6 Å². The van der Waals surface area contributed by atoms with E-state index in [4.69, 9.17) is 33.0 Å². The molecule has 8 heteroatoms. The summed E-state index contributed by atoms with van der Waals surface area (Å²) < 4.78 is 5.47. The van der Waals surface area contributed by atoms with Crippen LogP contribution in [0.3, 0.4) is 0 Å². The molecule has 1 heterocycles. The summed E-state index contributed by atoms with van der Waals surface area (Å²) in [4.78, 5) is 17.0. The van der Waals surface area contributed by atoms with E-state index in [0.29, 0.717) is 29.7 Å². The summed E-state index contributed by atoms with van der Waals surface area (Å²) in [6.45, 7) is 2.18. The van der Waals surface area contributed by atoms with Crippen molar-refractivity contribution in [3.8, 4) is 0 Å². The standard InChI is InChI=1S/C22H28Cl2N2O4/c1-25(22(29)11-15-2-7-19(23)20(24)10-15)21(14-26-12-17(28)13-26)16-3-5-18(6-4-16)30-9-8-27/h2-3,5-7,10,16-17,21,27-28H,4,8-9,11-14H2,1H3/t16?,21-/m1/s1. The number of amides is 1. The second-order valence-electron chi connectivity index (χ2n) is 7.81. The van der Waals surface area contributed by atoms with Crippen LogP contribution in [0.25, 0.3) is 0 Å². The van der Waals surface area contributed by atoms with Gasteiger partial charge < -0.3 is 19.8 Å². The molecule has 1 unspecified atom stereocenters. The van der Waals surface area contributed by atoms with Crippen LogP contribution >= 0.6 is 23.2 Å². The van der Waals surface area contributed by atoms with E-state index in [1.165, 1.54) is 0 Å². The van der Waals surface area contributed by atoms with Crippen LogP contribution in [-0.4, -0.2) is 78.0 Å². The fraction of sp³-hybridized carbons (Fsp3) is 0.500. The van der Waals surface area contributed by atoms with Crippen molar-refractivity contribution in [3.05, 3.63) is 57.8 Å². The first-order valence-corrected chi connectivity index (χ1v) is 10.8. The first-order chi connectivity index (χ1) is 14.4. The molecule has 1 aromatic carbocycles. The fourth-order valence-electron chi connectivity index (χ4n) is 3.81.